The highest BCUT2D eigenvalue weighted by Crippen LogP contribution is 2.28. The van der Waals surface area contributed by atoms with Gasteiger partial charge in [-0.1, -0.05) is 18.2 Å². The Bertz CT molecular complexity index is 445. The van der Waals surface area contributed by atoms with Crippen LogP contribution in [0.4, 0.5) is 5.69 Å². The minimum Gasteiger partial charge on any atom is -0.481 e. The molecule has 1 fully saturated rings. The molecular weight excluding hydrogens is 240 g/mol. The van der Waals surface area contributed by atoms with Gasteiger partial charge in [0.05, 0.1) is 5.92 Å². The number of rotatable bonds is 2. The van der Waals surface area contributed by atoms with E-state index in [1.165, 1.54) is 0 Å². The average molecular weight is 262 g/mol. The summed E-state index contributed by atoms with van der Waals surface area (Å²) in [4.78, 5) is 15.7. The molecule has 1 heterocycles. The summed E-state index contributed by atoms with van der Waals surface area (Å²) in [6.07, 6.45) is 0. The third kappa shape index (κ3) is 3.07. The van der Waals surface area contributed by atoms with Gasteiger partial charge in [0.2, 0.25) is 0 Å². The van der Waals surface area contributed by atoms with E-state index in [2.05, 4.69) is 23.6 Å². The Hall–Kier alpha value is -1.55. The lowest BCUT2D eigenvalue weighted by molar-refractivity contribution is -0.141. The fourth-order valence-electron chi connectivity index (χ4n) is 2.93. The highest BCUT2D eigenvalue weighted by Gasteiger charge is 2.36. The third-order valence-corrected chi connectivity index (χ3v) is 3.74. The maximum Gasteiger partial charge on any atom is 0.309 e. The van der Waals surface area contributed by atoms with Crippen LogP contribution in [0.1, 0.15) is 13.8 Å². The standard InChI is InChI=1S/C15H22N2O2/c1-15(2)11-16(3)9-12(14(18)19)10-17(15)13-7-5-4-6-8-13/h4-8,12H,9-11H2,1-3H3,(H,18,19). The Morgan fingerprint density at radius 1 is 1.26 bits per heavy atom. The fraction of sp³-hybridized carbons (Fsp3) is 0.533. The van der Waals surface area contributed by atoms with Crippen molar-refractivity contribution < 1.29 is 9.90 Å². The van der Waals surface area contributed by atoms with Crippen LogP contribution in [-0.2, 0) is 4.79 Å². The molecular formula is C15H22N2O2. The number of nitrogens with zero attached hydrogens (tertiary/aromatic N) is 2. The second-order valence-electron chi connectivity index (χ2n) is 5.99. The molecule has 1 saturated heterocycles. The Kier molecular flexibility index (Phi) is 3.80. The van der Waals surface area contributed by atoms with Crippen LogP contribution in [0.2, 0.25) is 0 Å². The average Bonchev–Trinajstić information content (AvgIpc) is 2.45. The van der Waals surface area contributed by atoms with Gasteiger partial charge in [-0.2, -0.15) is 0 Å². The van der Waals surface area contributed by atoms with Crippen molar-refractivity contribution in [3.8, 4) is 0 Å². The van der Waals surface area contributed by atoms with Crippen LogP contribution in [0.15, 0.2) is 30.3 Å². The third-order valence-electron chi connectivity index (χ3n) is 3.74. The topological polar surface area (TPSA) is 43.8 Å². The van der Waals surface area contributed by atoms with Crippen LogP contribution in [0.25, 0.3) is 0 Å². The van der Waals surface area contributed by atoms with Gasteiger partial charge in [0.1, 0.15) is 0 Å². The van der Waals surface area contributed by atoms with Gasteiger partial charge in [-0.15, -0.1) is 0 Å². The molecule has 104 valence electrons. The quantitative estimate of drug-likeness (QED) is 0.884. The van der Waals surface area contributed by atoms with Crippen LogP contribution in [0, 0.1) is 5.92 Å². The maximum absolute atomic E-state index is 11.4. The van der Waals surface area contributed by atoms with Crippen molar-refractivity contribution in [1.82, 2.24) is 4.90 Å². The second kappa shape index (κ2) is 5.21. The Morgan fingerprint density at radius 2 is 1.89 bits per heavy atom. The van der Waals surface area contributed by atoms with E-state index < -0.39 is 5.97 Å². The van der Waals surface area contributed by atoms with Crippen LogP contribution in [0.5, 0.6) is 0 Å². The molecule has 2 rings (SSSR count). The van der Waals surface area contributed by atoms with E-state index >= 15 is 0 Å². The summed E-state index contributed by atoms with van der Waals surface area (Å²) in [6, 6.07) is 10.1. The van der Waals surface area contributed by atoms with Crippen molar-refractivity contribution in [3.05, 3.63) is 30.3 Å². The van der Waals surface area contributed by atoms with Crippen molar-refractivity contribution in [1.29, 1.82) is 0 Å². The van der Waals surface area contributed by atoms with E-state index in [9.17, 15) is 9.90 Å². The Balaban J connectivity index is 2.34. The summed E-state index contributed by atoms with van der Waals surface area (Å²) in [6.45, 7) is 6.34. The van der Waals surface area contributed by atoms with Crippen molar-refractivity contribution >= 4 is 11.7 Å². The molecule has 1 N–H and O–H groups in total. The zero-order valence-corrected chi connectivity index (χ0v) is 11.8. The molecule has 0 amide bonds. The van der Waals surface area contributed by atoms with Crippen LogP contribution >= 0.6 is 0 Å². The van der Waals surface area contributed by atoms with E-state index in [1.807, 2.05) is 37.4 Å². The van der Waals surface area contributed by atoms with Crippen molar-refractivity contribution in [3.63, 3.8) is 0 Å². The molecule has 0 spiro atoms. The number of aliphatic carboxylic acids is 1. The summed E-state index contributed by atoms with van der Waals surface area (Å²) in [7, 11) is 1.99. The van der Waals surface area contributed by atoms with E-state index in [-0.39, 0.29) is 11.5 Å². The summed E-state index contributed by atoms with van der Waals surface area (Å²) in [5, 5.41) is 9.36. The molecule has 4 heteroatoms. The predicted molar refractivity (Wildman–Crippen MR) is 76.5 cm³/mol. The van der Waals surface area contributed by atoms with Crippen molar-refractivity contribution in [2.45, 2.75) is 19.4 Å². The van der Waals surface area contributed by atoms with Gasteiger partial charge in [0.15, 0.2) is 0 Å². The Labute approximate surface area is 114 Å². The number of benzene rings is 1. The number of likely N-dealkylation sites (N-methyl/N-ethyl adjacent to an activating group) is 1. The SMILES string of the molecule is CN1CC(C(=O)O)CN(c2ccccc2)C(C)(C)C1. The molecule has 1 aromatic rings. The van der Waals surface area contributed by atoms with Gasteiger partial charge >= 0.3 is 5.97 Å². The molecule has 0 aliphatic carbocycles. The second-order valence-corrected chi connectivity index (χ2v) is 5.99. The Morgan fingerprint density at radius 3 is 2.47 bits per heavy atom. The zero-order valence-electron chi connectivity index (χ0n) is 11.8. The lowest BCUT2D eigenvalue weighted by Crippen LogP contribution is -2.49. The largest absolute Gasteiger partial charge is 0.481 e. The summed E-state index contributed by atoms with van der Waals surface area (Å²) in [5.41, 5.74) is 1.01. The molecule has 1 unspecified atom stereocenters. The van der Waals surface area contributed by atoms with Gasteiger partial charge < -0.3 is 14.9 Å². The normalized spacial score (nSPS) is 23.9. The molecule has 0 aromatic heterocycles. The van der Waals surface area contributed by atoms with Gasteiger partial charge in [-0.05, 0) is 33.0 Å². The smallest absolute Gasteiger partial charge is 0.309 e. The van der Waals surface area contributed by atoms with Gasteiger partial charge in [0, 0.05) is 30.9 Å². The molecule has 4 nitrogen and oxygen atoms in total. The molecule has 1 atom stereocenters. The number of carbonyl (C=O) groups is 1. The number of hydrogen-bond acceptors (Lipinski definition) is 3. The first-order valence-corrected chi connectivity index (χ1v) is 6.64. The van der Waals surface area contributed by atoms with Crippen molar-refractivity contribution in [2.24, 2.45) is 5.92 Å². The highest BCUT2D eigenvalue weighted by molar-refractivity contribution is 5.71. The number of carboxylic acids is 1. The first-order valence-electron chi connectivity index (χ1n) is 6.64. The van der Waals surface area contributed by atoms with E-state index in [0.29, 0.717) is 13.1 Å². The number of para-hydroxylation sites is 1. The van der Waals surface area contributed by atoms with E-state index in [4.69, 9.17) is 0 Å². The predicted octanol–water partition coefficient (Wildman–Crippen LogP) is 1.92. The first kappa shape index (κ1) is 13.9. The summed E-state index contributed by atoms with van der Waals surface area (Å²) >= 11 is 0. The van der Waals surface area contributed by atoms with E-state index in [1.54, 1.807) is 0 Å². The van der Waals surface area contributed by atoms with Crippen LogP contribution in [0.3, 0.4) is 0 Å². The van der Waals surface area contributed by atoms with Crippen LogP contribution < -0.4 is 4.90 Å². The maximum atomic E-state index is 11.4. The summed E-state index contributed by atoms with van der Waals surface area (Å²) in [5.74, 6) is -1.07. The minimum absolute atomic E-state index is 0.0830. The number of carboxylic acid groups (broad SMARTS) is 1. The molecule has 0 radical (unpaired) electrons. The van der Waals surface area contributed by atoms with E-state index in [0.717, 1.165) is 12.2 Å². The molecule has 0 bridgehead atoms. The highest BCUT2D eigenvalue weighted by atomic mass is 16.4. The number of anilines is 1. The van der Waals surface area contributed by atoms with Crippen molar-refractivity contribution in [2.75, 3.05) is 31.6 Å². The molecule has 1 aliphatic rings. The lowest BCUT2D eigenvalue weighted by atomic mass is 10.0. The van der Waals surface area contributed by atoms with Gasteiger partial charge in [-0.25, -0.2) is 0 Å². The first-order chi connectivity index (χ1) is 8.90. The molecule has 0 saturated carbocycles. The lowest BCUT2D eigenvalue weighted by Gasteiger charge is -2.40. The summed E-state index contributed by atoms with van der Waals surface area (Å²) < 4.78 is 0. The molecule has 1 aliphatic heterocycles. The fourth-order valence-corrected chi connectivity index (χ4v) is 2.93. The van der Waals surface area contributed by atoms with Gasteiger partial charge in [-0.3, -0.25) is 4.79 Å². The van der Waals surface area contributed by atoms with Crippen LogP contribution in [-0.4, -0.2) is 48.2 Å². The zero-order chi connectivity index (χ0) is 14.0. The molecule has 19 heavy (non-hydrogen) atoms. The minimum atomic E-state index is -0.717. The number of hydrogen-bond donors (Lipinski definition) is 1. The molecule has 1 aromatic carbocycles. The van der Waals surface area contributed by atoms with Gasteiger partial charge in [0.25, 0.3) is 0 Å². The monoisotopic (exact) mass is 262 g/mol.